The molecule has 1 aliphatic rings. The third-order valence-electron chi connectivity index (χ3n) is 6.27. The molecule has 4 N–H and O–H groups in total. The highest BCUT2D eigenvalue weighted by molar-refractivity contribution is 6.09. The van der Waals surface area contributed by atoms with E-state index in [2.05, 4.69) is 82.1 Å². The molecule has 0 aliphatic carbocycles. The number of benzene rings is 2. The van der Waals surface area contributed by atoms with Gasteiger partial charge < -0.3 is 21.1 Å². The minimum atomic E-state index is -0.108. The Morgan fingerprint density at radius 2 is 1.88 bits per heavy atom. The first-order valence-electron chi connectivity index (χ1n) is 11.8. The number of allylic oxidation sites excluding steroid dienone is 1. The van der Waals surface area contributed by atoms with Gasteiger partial charge in [-0.25, -0.2) is 4.98 Å². The number of fused-ring (bicyclic) bond motifs is 1. The number of nitrogens with two attached hydrogens (primary N) is 1. The normalized spacial score (nSPS) is 17.5. The van der Waals surface area contributed by atoms with Gasteiger partial charge in [0.25, 0.3) is 0 Å². The zero-order chi connectivity index (χ0) is 23.8. The Bertz CT molecular complexity index is 1110. The first-order valence-corrected chi connectivity index (χ1v) is 11.8. The fourth-order valence-corrected chi connectivity index (χ4v) is 4.38. The van der Waals surface area contributed by atoms with Gasteiger partial charge in [0.05, 0.1) is 18.3 Å². The topological polar surface area (TPSA) is 84.6 Å². The third-order valence-corrected chi connectivity index (χ3v) is 6.27. The summed E-state index contributed by atoms with van der Waals surface area (Å²) in [5, 5.41) is 7.32. The molecule has 0 fully saturated rings. The Labute approximate surface area is 202 Å². The van der Waals surface area contributed by atoms with Gasteiger partial charge in [-0.2, -0.15) is 0 Å². The smallest absolute Gasteiger partial charge is 0.237 e. The molecule has 2 heterocycles. The van der Waals surface area contributed by atoms with Crippen LogP contribution in [0.5, 0.6) is 5.88 Å². The largest absolute Gasteiger partial charge is 0.469 e. The SMILES string of the molecule is CCC(CN[C@H](c1ccccc1)[C@@H]1CNc2cc(/C(C=NC)=C/N)cnc2O1)c1ccccc1. The predicted molar refractivity (Wildman–Crippen MR) is 140 cm³/mol. The summed E-state index contributed by atoms with van der Waals surface area (Å²) in [6, 6.07) is 23.2. The van der Waals surface area contributed by atoms with Crippen molar-refractivity contribution in [3.63, 3.8) is 0 Å². The fourth-order valence-electron chi connectivity index (χ4n) is 4.38. The van der Waals surface area contributed by atoms with Gasteiger partial charge in [0.1, 0.15) is 6.10 Å². The van der Waals surface area contributed by atoms with Crippen molar-refractivity contribution >= 4 is 17.5 Å². The number of hydrogen-bond acceptors (Lipinski definition) is 6. The lowest BCUT2D eigenvalue weighted by atomic mass is 9.94. The minimum Gasteiger partial charge on any atom is -0.469 e. The molecule has 1 aliphatic heterocycles. The number of anilines is 1. The molecule has 1 unspecified atom stereocenters. The van der Waals surface area contributed by atoms with E-state index in [1.54, 1.807) is 19.5 Å². The van der Waals surface area contributed by atoms with E-state index >= 15 is 0 Å². The number of rotatable bonds is 9. The summed E-state index contributed by atoms with van der Waals surface area (Å²) in [6.07, 6.45) is 5.99. The molecule has 0 saturated carbocycles. The summed E-state index contributed by atoms with van der Waals surface area (Å²) >= 11 is 0. The summed E-state index contributed by atoms with van der Waals surface area (Å²) < 4.78 is 6.43. The fraction of sp³-hybridized carbons (Fsp3) is 0.286. The molecule has 0 amide bonds. The lowest BCUT2D eigenvalue weighted by Crippen LogP contribution is -2.43. The van der Waals surface area contributed by atoms with E-state index in [0.717, 1.165) is 29.8 Å². The van der Waals surface area contributed by atoms with Gasteiger partial charge >= 0.3 is 0 Å². The van der Waals surface area contributed by atoms with Crippen molar-refractivity contribution in [1.29, 1.82) is 0 Å². The van der Waals surface area contributed by atoms with Crippen molar-refractivity contribution in [3.8, 4) is 5.88 Å². The molecule has 6 nitrogen and oxygen atoms in total. The van der Waals surface area contributed by atoms with Crippen LogP contribution in [0.1, 0.15) is 42.0 Å². The van der Waals surface area contributed by atoms with Crippen LogP contribution in [0.2, 0.25) is 0 Å². The lowest BCUT2D eigenvalue weighted by Gasteiger charge is -2.34. The predicted octanol–water partition coefficient (Wildman–Crippen LogP) is 4.78. The number of hydrogen-bond donors (Lipinski definition) is 3. The molecular formula is C28H33N5O. The second-order valence-electron chi connectivity index (χ2n) is 8.44. The van der Waals surface area contributed by atoms with Crippen LogP contribution in [0, 0.1) is 0 Å². The van der Waals surface area contributed by atoms with E-state index < -0.39 is 0 Å². The Morgan fingerprint density at radius 3 is 2.53 bits per heavy atom. The van der Waals surface area contributed by atoms with Crippen molar-refractivity contribution in [3.05, 3.63) is 95.8 Å². The van der Waals surface area contributed by atoms with Crippen molar-refractivity contribution in [2.75, 3.05) is 25.5 Å². The summed E-state index contributed by atoms with van der Waals surface area (Å²) in [6.45, 7) is 3.76. The summed E-state index contributed by atoms with van der Waals surface area (Å²) in [7, 11) is 1.72. The van der Waals surface area contributed by atoms with Crippen LogP contribution in [0.3, 0.4) is 0 Å². The van der Waals surface area contributed by atoms with Crippen LogP contribution in [-0.2, 0) is 0 Å². The number of nitrogens with zero attached hydrogens (tertiary/aromatic N) is 2. The molecule has 0 radical (unpaired) electrons. The first-order chi connectivity index (χ1) is 16.7. The molecule has 4 rings (SSSR count). The van der Waals surface area contributed by atoms with Crippen molar-refractivity contribution in [2.24, 2.45) is 10.7 Å². The Kier molecular flexibility index (Phi) is 7.94. The standard InChI is InChI=1S/C28H33N5O/c1-3-20(21-10-6-4-7-11-21)17-32-27(22-12-8-5-9-13-22)26-19-31-25-14-23(18-33-28(25)34-26)24(15-29)16-30-2/h4-16,18,20,26-27,31-32H,3,17,19,29H2,1-2H3/b24-15+,30-16?/t20?,26-,27+/m0/s1. The zero-order valence-electron chi connectivity index (χ0n) is 19.8. The molecule has 2 aromatic carbocycles. The highest BCUT2D eigenvalue weighted by Gasteiger charge is 2.30. The number of ether oxygens (including phenoxy) is 1. The average Bonchev–Trinajstić information content (AvgIpc) is 2.90. The maximum atomic E-state index is 6.43. The third kappa shape index (κ3) is 5.46. The Balaban J connectivity index is 1.54. The van der Waals surface area contributed by atoms with Gasteiger partial charge in [-0.05, 0) is 29.5 Å². The zero-order valence-corrected chi connectivity index (χ0v) is 19.8. The highest BCUT2D eigenvalue weighted by atomic mass is 16.5. The minimum absolute atomic E-state index is 0.0211. The van der Waals surface area contributed by atoms with Crippen LogP contribution in [-0.4, -0.2) is 37.4 Å². The van der Waals surface area contributed by atoms with Gasteiger partial charge in [0.2, 0.25) is 5.88 Å². The molecule has 34 heavy (non-hydrogen) atoms. The number of nitrogens with one attached hydrogen (secondary N) is 2. The molecule has 0 saturated heterocycles. The van der Waals surface area contributed by atoms with E-state index in [9.17, 15) is 0 Å². The van der Waals surface area contributed by atoms with Crippen LogP contribution in [0.15, 0.2) is 84.1 Å². The van der Waals surface area contributed by atoms with Crippen molar-refractivity contribution in [2.45, 2.75) is 31.4 Å². The van der Waals surface area contributed by atoms with Crippen molar-refractivity contribution in [1.82, 2.24) is 10.3 Å². The van der Waals surface area contributed by atoms with Gasteiger partial charge in [0, 0.05) is 43.3 Å². The molecule has 1 aromatic heterocycles. The van der Waals surface area contributed by atoms with E-state index in [-0.39, 0.29) is 12.1 Å². The van der Waals surface area contributed by atoms with E-state index in [1.165, 1.54) is 17.3 Å². The van der Waals surface area contributed by atoms with E-state index in [0.29, 0.717) is 18.3 Å². The van der Waals surface area contributed by atoms with Crippen LogP contribution >= 0.6 is 0 Å². The number of pyridine rings is 1. The van der Waals surface area contributed by atoms with Gasteiger partial charge in [-0.1, -0.05) is 67.6 Å². The summed E-state index contributed by atoms with van der Waals surface area (Å²) in [5.41, 5.74) is 10.9. The van der Waals surface area contributed by atoms with Gasteiger partial charge in [0.15, 0.2) is 0 Å². The molecule has 3 atom stereocenters. The second kappa shape index (κ2) is 11.5. The Morgan fingerprint density at radius 1 is 1.18 bits per heavy atom. The summed E-state index contributed by atoms with van der Waals surface area (Å²) in [4.78, 5) is 8.65. The molecule has 0 spiro atoms. The van der Waals surface area contributed by atoms with E-state index in [1.807, 2.05) is 12.1 Å². The quantitative estimate of drug-likeness (QED) is 0.405. The Hall–Kier alpha value is -3.64. The van der Waals surface area contributed by atoms with Gasteiger partial charge in [-0.15, -0.1) is 0 Å². The molecule has 6 heteroatoms. The summed E-state index contributed by atoms with van der Waals surface area (Å²) in [5.74, 6) is 1.03. The maximum absolute atomic E-state index is 6.43. The van der Waals surface area contributed by atoms with Crippen LogP contribution in [0.4, 0.5) is 5.69 Å². The van der Waals surface area contributed by atoms with E-state index in [4.69, 9.17) is 10.5 Å². The highest BCUT2D eigenvalue weighted by Crippen LogP contribution is 2.33. The molecule has 176 valence electrons. The maximum Gasteiger partial charge on any atom is 0.237 e. The number of aliphatic imine (C=N–C) groups is 1. The van der Waals surface area contributed by atoms with Gasteiger partial charge in [-0.3, -0.25) is 4.99 Å². The average molecular weight is 456 g/mol. The number of aromatic nitrogens is 1. The first kappa shape index (κ1) is 23.5. The monoisotopic (exact) mass is 455 g/mol. The van der Waals surface area contributed by atoms with Crippen LogP contribution < -0.4 is 21.1 Å². The van der Waals surface area contributed by atoms with Crippen LogP contribution in [0.25, 0.3) is 5.57 Å². The molecular weight excluding hydrogens is 422 g/mol. The molecule has 0 bridgehead atoms. The lowest BCUT2D eigenvalue weighted by molar-refractivity contribution is 0.149. The van der Waals surface area contributed by atoms with Crippen molar-refractivity contribution < 1.29 is 4.74 Å². The molecule has 3 aromatic rings. The second-order valence-corrected chi connectivity index (χ2v) is 8.44.